The first-order chi connectivity index (χ1) is 11.9. The predicted molar refractivity (Wildman–Crippen MR) is 95.4 cm³/mol. The lowest BCUT2D eigenvalue weighted by Gasteiger charge is -2.30. The second kappa shape index (κ2) is 5.93. The van der Waals surface area contributed by atoms with Crippen molar-refractivity contribution in [3.63, 3.8) is 0 Å². The van der Waals surface area contributed by atoms with E-state index in [-0.39, 0.29) is 11.8 Å². The Morgan fingerprint density at radius 1 is 1.32 bits per heavy atom. The summed E-state index contributed by atoms with van der Waals surface area (Å²) in [6.07, 6.45) is 9.70. The third kappa shape index (κ3) is 3.17. The molecule has 0 fully saturated rings. The van der Waals surface area contributed by atoms with Gasteiger partial charge < -0.3 is 0 Å². The molecule has 25 heavy (non-hydrogen) atoms. The van der Waals surface area contributed by atoms with Gasteiger partial charge in [-0.15, -0.1) is 0 Å². The van der Waals surface area contributed by atoms with Crippen LogP contribution in [0.1, 0.15) is 61.5 Å². The molecular weight excluding hydrogens is 314 g/mol. The van der Waals surface area contributed by atoms with Crippen molar-refractivity contribution in [2.45, 2.75) is 58.3 Å². The van der Waals surface area contributed by atoms with Crippen molar-refractivity contribution in [2.75, 3.05) is 5.32 Å². The van der Waals surface area contributed by atoms with Crippen LogP contribution in [-0.2, 0) is 31.1 Å². The molecule has 6 heteroatoms. The van der Waals surface area contributed by atoms with E-state index in [9.17, 15) is 4.79 Å². The van der Waals surface area contributed by atoms with Crippen LogP contribution in [0.25, 0.3) is 0 Å². The SMILES string of the molecule is Cn1cc2c(n1)CCC[C@H]2C(=O)Nc1ncc2c(n1)CCC(C)(C)C2. The molecule has 0 bridgehead atoms. The fourth-order valence-corrected chi connectivity index (χ4v) is 4.06. The van der Waals surface area contributed by atoms with Crippen LogP contribution in [0.5, 0.6) is 0 Å². The normalized spacial score (nSPS) is 21.3. The summed E-state index contributed by atoms with van der Waals surface area (Å²) in [5, 5.41) is 7.40. The zero-order chi connectivity index (χ0) is 17.6. The maximum absolute atomic E-state index is 12.8. The van der Waals surface area contributed by atoms with Crippen LogP contribution in [0.4, 0.5) is 5.95 Å². The van der Waals surface area contributed by atoms with Crippen molar-refractivity contribution in [2.24, 2.45) is 12.5 Å². The van der Waals surface area contributed by atoms with Gasteiger partial charge >= 0.3 is 0 Å². The van der Waals surface area contributed by atoms with Crippen molar-refractivity contribution >= 4 is 11.9 Å². The molecule has 0 spiro atoms. The Morgan fingerprint density at radius 3 is 3.00 bits per heavy atom. The molecule has 0 saturated heterocycles. The summed E-state index contributed by atoms with van der Waals surface area (Å²) in [5.41, 5.74) is 4.69. The molecular formula is C19H25N5O. The number of hydrogen-bond acceptors (Lipinski definition) is 4. The van der Waals surface area contributed by atoms with E-state index < -0.39 is 0 Å². The summed E-state index contributed by atoms with van der Waals surface area (Å²) < 4.78 is 1.80. The molecule has 4 rings (SSSR count). The number of aryl methyl sites for hydroxylation is 3. The van der Waals surface area contributed by atoms with Crippen LogP contribution in [0.2, 0.25) is 0 Å². The van der Waals surface area contributed by atoms with Gasteiger partial charge in [0.15, 0.2) is 0 Å². The minimum absolute atomic E-state index is 0.0231. The van der Waals surface area contributed by atoms with Gasteiger partial charge in [-0.25, -0.2) is 9.97 Å². The summed E-state index contributed by atoms with van der Waals surface area (Å²) in [5.74, 6) is 0.250. The van der Waals surface area contributed by atoms with Gasteiger partial charge in [-0.1, -0.05) is 13.8 Å². The number of fused-ring (bicyclic) bond motifs is 2. The fraction of sp³-hybridized carbons (Fsp3) is 0.579. The summed E-state index contributed by atoms with van der Waals surface area (Å²) >= 11 is 0. The molecule has 6 nitrogen and oxygen atoms in total. The van der Waals surface area contributed by atoms with Crippen LogP contribution in [0, 0.1) is 5.41 Å². The van der Waals surface area contributed by atoms with Gasteiger partial charge in [0.1, 0.15) is 0 Å². The zero-order valence-electron chi connectivity index (χ0n) is 15.2. The lowest BCUT2D eigenvalue weighted by atomic mass is 9.76. The second-order valence-electron chi connectivity index (χ2n) is 8.15. The standard InChI is InChI=1S/C19H25N5O/c1-19(2)8-7-15-12(9-19)10-20-18(21-15)22-17(25)13-5-4-6-16-14(13)11-24(3)23-16/h10-11,13H,4-9H2,1-3H3,(H,20,21,22,25)/t13-/m1/s1. The molecule has 2 aromatic rings. The Bertz CT molecular complexity index is 823. The number of carbonyl (C=O) groups is 1. The highest BCUT2D eigenvalue weighted by molar-refractivity contribution is 5.94. The van der Waals surface area contributed by atoms with Crippen molar-refractivity contribution in [3.8, 4) is 0 Å². The van der Waals surface area contributed by atoms with Gasteiger partial charge in [-0.2, -0.15) is 5.10 Å². The van der Waals surface area contributed by atoms with Gasteiger partial charge in [0.2, 0.25) is 11.9 Å². The first-order valence-electron chi connectivity index (χ1n) is 9.09. The Labute approximate surface area is 148 Å². The number of nitrogens with one attached hydrogen (secondary N) is 1. The molecule has 2 aliphatic rings. The van der Waals surface area contributed by atoms with Crippen LogP contribution in [0.15, 0.2) is 12.4 Å². The van der Waals surface area contributed by atoms with Gasteiger partial charge in [-0.3, -0.25) is 14.8 Å². The quantitative estimate of drug-likeness (QED) is 0.913. The van der Waals surface area contributed by atoms with Gasteiger partial charge in [-0.05, 0) is 49.5 Å². The lowest BCUT2D eigenvalue weighted by Crippen LogP contribution is -2.27. The van der Waals surface area contributed by atoms with E-state index in [1.54, 1.807) is 4.68 Å². The van der Waals surface area contributed by atoms with Crippen molar-refractivity contribution < 1.29 is 4.79 Å². The molecule has 132 valence electrons. The third-order valence-electron chi connectivity index (χ3n) is 5.43. The number of aromatic nitrogens is 4. The van der Waals surface area contributed by atoms with Crippen LogP contribution in [-0.4, -0.2) is 25.7 Å². The molecule has 0 unspecified atom stereocenters. The summed E-state index contributed by atoms with van der Waals surface area (Å²) in [6, 6.07) is 0. The Kier molecular flexibility index (Phi) is 3.85. The minimum atomic E-state index is -0.156. The van der Waals surface area contributed by atoms with Crippen LogP contribution >= 0.6 is 0 Å². The molecule has 2 aliphatic carbocycles. The van der Waals surface area contributed by atoms with Crippen molar-refractivity contribution in [3.05, 3.63) is 34.9 Å². The molecule has 0 radical (unpaired) electrons. The molecule has 1 amide bonds. The maximum atomic E-state index is 12.8. The number of rotatable bonds is 2. The first kappa shape index (κ1) is 16.2. The summed E-state index contributed by atoms with van der Waals surface area (Å²) in [4.78, 5) is 21.8. The van der Waals surface area contributed by atoms with Gasteiger partial charge in [0, 0.05) is 30.7 Å². The molecule has 0 aliphatic heterocycles. The predicted octanol–water partition coefficient (Wildman–Crippen LogP) is 2.78. The monoisotopic (exact) mass is 339 g/mol. The average molecular weight is 339 g/mol. The number of anilines is 1. The molecule has 1 N–H and O–H groups in total. The molecule has 2 heterocycles. The zero-order valence-corrected chi connectivity index (χ0v) is 15.2. The lowest BCUT2D eigenvalue weighted by molar-refractivity contribution is -0.117. The topological polar surface area (TPSA) is 72.7 Å². The maximum Gasteiger partial charge on any atom is 0.234 e. The van der Waals surface area contributed by atoms with Gasteiger partial charge in [0.05, 0.1) is 11.6 Å². The third-order valence-corrected chi connectivity index (χ3v) is 5.43. The van der Waals surface area contributed by atoms with E-state index in [0.29, 0.717) is 11.4 Å². The Morgan fingerprint density at radius 2 is 2.16 bits per heavy atom. The minimum Gasteiger partial charge on any atom is -0.294 e. The molecule has 1 atom stereocenters. The van der Waals surface area contributed by atoms with E-state index in [2.05, 4.69) is 34.2 Å². The largest absolute Gasteiger partial charge is 0.294 e. The van der Waals surface area contributed by atoms with E-state index >= 15 is 0 Å². The van der Waals surface area contributed by atoms with Gasteiger partial charge in [0.25, 0.3) is 0 Å². The smallest absolute Gasteiger partial charge is 0.234 e. The molecule has 0 aromatic carbocycles. The van der Waals surface area contributed by atoms with E-state index in [4.69, 9.17) is 0 Å². The van der Waals surface area contributed by atoms with Crippen molar-refractivity contribution in [1.82, 2.24) is 19.7 Å². The van der Waals surface area contributed by atoms with E-state index in [1.807, 2.05) is 19.4 Å². The van der Waals surface area contributed by atoms with Crippen LogP contribution < -0.4 is 5.32 Å². The molecule has 0 saturated carbocycles. The number of amides is 1. The highest BCUT2D eigenvalue weighted by Gasteiger charge is 2.30. The highest BCUT2D eigenvalue weighted by atomic mass is 16.2. The van der Waals surface area contributed by atoms with Crippen LogP contribution in [0.3, 0.4) is 0 Å². The number of hydrogen-bond donors (Lipinski definition) is 1. The Hall–Kier alpha value is -2.24. The summed E-state index contributed by atoms with van der Waals surface area (Å²) in [7, 11) is 1.90. The number of carbonyl (C=O) groups excluding carboxylic acids is 1. The number of nitrogens with zero attached hydrogens (tertiary/aromatic N) is 4. The fourth-order valence-electron chi connectivity index (χ4n) is 4.06. The highest BCUT2D eigenvalue weighted by Crippen LogP contribution is 2.34. The van der Waals surface area contributed by atoms with Crippen molar-refractivity contribution in [1.29, 1.82) is 0 Å². The average Bonchev–Trinajstić information content (AvgIpc) is 2.94. The second-order valence-corrected chi connectivity index (χ2v) is 8.15. The molecule has 2 aromatic heterocycles. The summed E-state index contributed by atoms with van der Waals surface area (Å²) in [6.45, 7) is 4.56. The Balaban J connectivity index is 1.52. The van der Waals surface area contributed by atoms with E-state index in [0.717, 1.165) is 55.5 Å². The first-order valence-corrected chi connectivity index (χ1v) is 9.09. The van der Waals surface area contributed by atoms with E-state index in [1.165, 1.54) is 5.56 Å².